The summed E-state index contributed by atoms with van der Waals surface area (Å²) in [7, 11) is 1.43. The van der Waals surface area contributed by atoms with E-state index in [0.717, 1.165) is 6.07 Å². The quantitative estimate of drug-likeness (QED) is 0.687. The molecule has 0 heterocycles. The average Bonchev–Trinajstić information content (AvgIpc) is 2.66. The number of halogens is 2. The molecule has 0 spiro atoms. The Labute approximate surface area is 165 Å². The van der Waals surface area contributed by atoms with E-state index in [1.54, 1.807) is 12.1 Å². The number of hydrogen-bond donors (Lipinski definition) is 2. The summed E-state index contributed by atoms with van der Waals surface area (Å²) in [5.41, 5.74) is 0.116. The maximum Gasteiger partial charge on any atom is 0.326 e. The average molecular weight is 409 g/mol. The molecule has 2 rings (SSSR count). The molecule has 0 fully saturated rings. The van der Waals surface area contributed by atoms with Gasteiger partial charge < -0.3 is 20.1 Å². The van der Waals surface area contributed by atoms with Gasteiger partial charge in [-0.15, -0.1) is 0 Å². The fourth-order valence-corrected chi connectivity index (χ4v) is 2.37. The number of amides is 2. The molecule has 0 aliphatic carbocycles. The fourth-order valence-electron chi connectivity index (χ4n) is 2.20. The van der Waals surface area contributed by atoms with Gasteiger partial charge in [-0.3, -0.25) is 14.4 Å². The Hall–Kier alpha value is -3.13. The Kier molecular flexibility index (Phi) is 7.34. The molecule has 2 N–H and O–H groups in total. The van der Waals surface area contributed by atoms with Gasteiger partial charge in [-0.1, -0.05) is 23.7 Å². The largest absolute Gasteiger partial charge is 0.495 e. The van der Waals surface area contributed by atoms with Gasteiger partial charge in [0.2, 0.25) is 0 Å². The van der Waals surface area contributed by atoms with E-state index in [4.69, 9.17) is 21.1 Å². The van der Waals surface area contributed by atoms with Gasteiger partial charge >= 0.3 is 5.97 Å². The highest BCUT2D eigenvalue weighted by Gasteiger charge is 2.20. The van der Waals surface area contributed by atoms with Gasteiger partial charge in [0, 0.05) is 5.02 Å². The van der Waals surface area contributed by atoms with Crippen LogP contribution < -0.4 is 15.4 Å². The third-order valence-corrected chi connectivity index (χ3v) is 3.84. The van der Waals surface area contributed by atoms with Gasteiger partial charge in [0.05, 0.1) is 18.4 Å². The number of rotatable bonds is 7. The third-order valence-electron chi connectivity index (χ3n) is 3.61. The summed E-state index contributed by atoms with van der Waals surface area (Å²) in [6, 6.07) is 10.0. The van der Waals surface area contributed by atoms with Crippen LogP contribution in [-0.2, 0) is 14.3 Å². The van der Waals surface area contributed by atoms with E-state index >= 15 is 0 Å². The lowest BCUT2D eigenvalue weighted by Gasteiger charge is -2.15. The zero-order chi connectivity index (χ0) is 20.7. The summed E-state index contributed by atoms with van der Waals surface area (Å²) in [5, 5.41) is 5.17. The summed E-state index contributed by atoms with van der Waals surface area (Å²) in [4.78, 5) is 35.9. The summed E-state index contributed by atoms with van der Waals surface area (Å²) in [6.45, 7) is 0.841. The normalized spacial score (nSPS) is 11.3. The molecule has 0 bridgehead atoms. The number of methoxy groups -OCH3 is 1. The molecule has 0 unspecified atom stereocenters. The van der Waals surface area contributed by atoms with Crippen molar-refractivity contribution in [2.45, 2.75) is 13.0 Å². The summed E-state index contributed by atoms with van der Waals surface area (Å²) in [5.74, 6) is -2.57. The lowest BCUT2D eigenvalue weighted by molar-refractivity contribution is -0.152. The zero-order valence-corrected chi connectivity index (χ0v) is 15.9. The highest BCUT2D eigenvalue weighted by Crippen LogP contribution is 2.27. The molecule has 28 heavy (non-hydrogen) atoms. The van der Waals surface area contributed by atoms with Crippen LogP contribution in [0.4, 0.5) is 10.1 Å². The summed E-state index contributed by atoms with van der Waals surface area (Å²) >= 11 is 5.89. The maximum atomic E-state index is 13.5. The lowest BCUT2D eigenvalue weighted by atomic mass is 10.2. The standard InChI is InChI=1S/C19H18ClFN2O5/c1-11(18(25)23-15-9-12(20)7-8-16(15)27-2)28-17(24)10-22-19(26)13-5-3-4-6-14(13)21/h3-9,11H,10H2,1-2H3,(H,22,26)(H,23,25)/t11-/m0/s1. The molecule has 148 valence electrons. The Morgan fingerprint density at radius 2 is 1.89 bits per heavy atom. The number of hydrogen-bond acceptors (Lipinski definition) is 5. The minimum absolute atomic E-state index is 0.200. The van der Waals surface area contributed by atoms with Gasteiger partial charge in [-0.05, 0) is 37.3 Å². The van der Waals surface area contributed by atoms with Gasteiger partial charge in [-0.2, -0.15) is 0 Å². The molecule has 2 amide bonds. The van der Waals surface area contributed by atoms with Crippen LogP contribution in [0.2, 0.25) is 5.02 Å². The first-order valence-electron chi connectivity index (χ1n) is 8.18. The van der Waals surface area contributed by atoms with Crippen LogP contribution in [0.5, 0.6) is 5.75 Å². The molecule has 0 aliphatic rings. The van der Waals surface area contributed by atoms with E-state index in [1.165, 1.54) is 38.3 Å². The first-order valence-corrected chi connectivity index (χ1v) is 8.56. The number of carbonyl (C=O) groups is 3. The van der Waals surface area contributed by atoms with Crippen LogP contribution in [0.15, 0.2) is 42.5 Å². The first kappa shape index (κ1) is 21.2. The number of carbonyl (C=O) groups excluding carboxylic acids is 3. The number of benzene rings is 2. The Morgan fingerprint density at radius 3 is 2.57 bits per heavy atom. The van der Waals surface area contributed by atoms with Crippen LogP contribution in [0, 0.1) is 5.82 Å². The lowest BCUT2D eigenvalue weighted by Crippen LogP contribution is -2.36. The predicted molar refractivity (Wildman–Crippen MR) is 101 cm³/mol. The molecular formula is C19H18ClFN2O5. The van der Waals surface area contributed by atoms with Crippen molar-refractivity contribution in [3.63, 3.8) is 0 Å². The topological polar surface area (TPSA) is 93.7 Å². The minimum atomic E-state index is -1.15. The molecule has 0 saturated carbocycles. The maximum absolute atomic E-state index is 13.5. The summed E-state index contributed by atoms with van der Waals surface area (Å²) < 4.78 is 23.6. The summed E-state index contributed by atoms with van der Waals surface area (Å²) in [6.07, 6.45) is -1.15. The van der Waals surface area contributed by atoms with Crippen molar-refractivity contribution in [2.75, 3.05) is 19.0 Å². The predicted octanol–water partition coefficient (Wildman–Crippen LogP) is 2.79. The third kappa shape index (κ3) is 5.68. The molecule has 9 heteroatoms. The minimum Gasteiger partial charge on any atom is -0.495 e. The van der Waals surface area contributed by atoms with Gasteiger partial charge in [0.15, 0.2) is 6.10 Å². The highest BCUT2D eigenvalue weighted by molar-refractivity contribution is 6.31. The fraction of sp³-hybridized carbons (Fsp3) is 0.211. The van der Waals surface area contributed by atoms with Crippen molar-refractivity contribution >= 4 is 35.1 Å². The van der Waals surface area contributed by atoms with Crippen molar-refractivity contribution in [3.05, 3.63) is 58.9 Å². The monoisotopic (exact) mass is 408 g/mol. The molecule has 0 aromatic heterocycles. The Bertz CT molecular complexity index is 890. The second-order valence-corrected chi connectivity index (χ2v) is 6.06. The van der Waals surface area contributed by atoms with E-state index in [0.29, 0.717) is 16.5 Å². The smallest absolute Gasteiger partial charge is 0.326 e. The van der Waals surface area contributed by atoms with E-state index in [1.807, 2.05) is 0 Å². The van der Waals surface area contributed by atoms with Gasteiger partial charge in [0.25, 0.3) is 11.8 Å². The molecular weight excluding hydrogens is 391 g/mol. The number of esters is 1. The van der Waals surface area contributed by atoms with Crippen molar-refractivity contribution in [1.29, 1.82) is 0 Å². The van der Waals surface area contributed by atoms with Crippen molar-refractivity contribution < 1.29 is 28.2 Å². The van der Waals surface area contributed by atoms with E-state index in [2.05, 4.69) is 10.6 Å². The molecule has 0 saturated heterocycles. The molecule has 7 nitrogen and oxygen atoms in total. The van der Waals surface area contributed by atoms with Crippen LogP contribution in [0.3, 0.4) is 0 Å². The van der Waals surface area contributed by atoms with Crippen LogP contribution in [0.25, 0.3) is 0 Å². The number of ether oxygens (including phenoxy) is 2. The van der Waals surface area contributed by atoms with Gasteiger partial charge in [-0.25, -0.2) is 4.39 Å². The van der Waals surface area contributed by atoms with E-state index < -0.39 is 36.2 Å². The van der Waals surface area contributed by atoms with E-state index in [9.17, 15) is 18.8 Å². The van der Waals surface area contributed by atoms with Crippen molar-refractivity contribution in [1.82, 2.24) is 5.32 Å². The molecule has 2 aromatic rings. The van der Waals surface area contributed by atoms with Crippen LogP contribution in [0.1, 0.15) is 17.3 Å². The van der Waals surface area contributed by atoms with Gasteiger partial charge in [0.1, 0.15) is 18.1 Å². The second kappa shape index (κ2) is 9.70. The molecule has 0 aliphatic heterocycles. The van der Waals surface area contributed by atoms with E-state index in [-0.39, 0.29) is 5.56 Å². The zero-order valence-electron chi connectivity index (χ0n) is 15.1. The molecule has 1 atom stereocenters. The highest BCUT2D eigenvalue weighted by atomic mass is 35.5. The molecule has 2 aromatic carbocycles. The molecule has 0 radical (unpaired) electrons. The number of nitrogens with one attached hydrogen (secondary N) is 2. The SMILES string of the molecule is COc1ccc(Cl)cc1NC(=O)[C@H](C)OC(=O)CNC(=O)c1ccccc1F. The van der Waals surface area contributed by atoms with Crippen LogP contribution >= 0.6 is 11.6 Å². The first-order chi connectivity index (χ1) is 13.3. The van der Waals surface area contributed by atoms with Crippen molar-refractivity contribution in [2.24, 2.45) is 0 Å². The Balaban J connectivity index is 1.88. The Morgan fingerprint density at radius 1 is 1.18 bits per heavy atom. The van der Waals surface area contributed by atoms with Crippen molar-refractivity contribution in [3.8, 4) is 5.75 Å². The number of anilines is 1. The second-order valence-electron chi connectivity index (χ2n) is 5.63. The van der Waals surface area contributed by atoms with Crippen LogP contribution in [-0.4, -0.2) is 37.5 Å².